The molecule has 2 aromatic heterocycles. The van der Waals surface area contributed by atoms with Crippen LogP contribution in [-0.4, -0.2) is 54.0 Å². The maximum Gasteiger partial charge on any atom is 0.194 e. The van der Waals surface area contributed by atoms with Crippen molar-refractivity contribution in [2.45, 2.75) is 20.0 Å². The number of nitrogens with one attached hydrogen (secondary N) is 1. The summed E-state index contributed by atoms with van der Waals surface area (Å²) in [5.74, 6) is 0.962. The summed E-state index contributed by atoms with van der Waals surface area (Å²) in [6.07, 6.45) is 1.84. The van der Waals surface area contributed by atoms with Gasteiger partial charge in [0.05, 0.1) is 16.0 Å². The molecule has 26 heavy (non-hydrogen) atoms. The fraction of sp³-hybridized carbons (Fsp3) is 0.444. The maximum absolute atomic E-state index is 4.45. The Morgan fingerprint density at radius 3 is 2.65 bits per heavy atom. The first-order valence-electron chi connectivity index (χ1n) is 8.48. The van der Waals surface area contributed by atoms with Crippen LogP contribution in [0.25, 0.3) is 0 Å². The zero-order chi connectivity index (χ0) is 17.6. The summed E-state index contributed by atoms with van der Waals surface area (Å²) in [5, 5.41) is 3.45. The number of guanidine groups is 1. The molecule has 3 rings (SSSR count). The van der Waals surface area contributed by atoms with Gasteiger partial charge in [0.1, 0.15) is 0 Å². The number of aromatic nitrogens is 1. The number of rotatable bonds is 4. The monoisotopic (exact) mass is 549 g/mol. The van der Waals surface area contributed by atoms with Crippen LogP contribution in [0, 0.1) is 6.92 Å². The van der Waals surface area contributed by atoms with Crippen molar-refractivity contribution >= 4 is 57.2 Å². The van der Waals surface area contributed by atoms with E-state index in [2.05, 4.69) is 66.1 Å². The van der Waals surface area contributed by atoms with Crippen LogP contribution in [0.1, 0.15) is 16.1 Å². The Morgan fingerprint density at radius 2 is 2.04 bits per heavy atom. The minimum atomic E-state index is 0. The fourth-order valence-electron chi connectivity index (χ4n) is 2.97. The van der Waals surface area contributed by atoms with Crippen molar-refractivity contribution in [2.24, 2.45) is 4.99 Å². The van der Waals surface area contributed by atoms with Crippen molar-refractivity contribution in [3.63, 3.8) is 0 Å². The molecule has 1 aliphatic heterocycles. The number of aliphatic imine (C=N–C) groups is 1. The number of hydrogen-bond acceptors (Lipinski definition) is 4. The Hall–Kier alpha value is -0.710. The normalized spacial score (nSPS) is 15.7. The molecule has 1 saturated heterocycles. The molecule has 1 fully saturated rings. The highest BCUT2D eigenvalue weighted by atomic mass is 127. The van der Waals surface area contributed by atoms with Crippen molar-refractivity contribution in [2.75, 3.05) is 33.2 Å². The predicted octanol–water partition coefficient (Wildman–Crippen LogP) is 3.73. The van der Waals surface area contributed by atoms with Crippen LogP contribution in [0.5, 0.6) is 0 Å². The van der Waals surface area contributed by atoms with E-state index in [0.29, 0.717) is 6.54 Å². The average molecular weight is 550 g/mol. The number of pyridine rings is 1. The molecular weight excluding hydrogens is 525 g/mol. The van der Waals surface area contributed by atoms with Gasteiger partial charge in [-0.2, -0.15) is 0 Å². The third kappa shape index (κ3) is 5.90. The van der Waals surface area contributed by atoms with Crippen LogP contribution in [0.4, 0.5) is 0 Å². The Morgan fingerprint density at radius 1 is 1.27 bits per heavy atom. The minimum absolute atomic E-state index is 0. The number of nitrogens with zero attached hydrogens (tertiary/aromatic N) is 4. The molecule has 1 aliphatic rings. The number of halogens is 2. The molecule has 2 aromatic rings. The van der Waals surface area contributed by atoms with Gasteiger partial charge in [0, 0.05) is 50.8 Å². The standard InChI is InChI=1S/C18H24BrN5S.HI/c1-14-4-3-7-21-16(14)12-22-18(20-2)24-10-8-23(9-11-24)13-15-5-6-17(19)25-15;/h3-7H,8-13H2,1-2H3,(H,20,22);1H. The summed E-state index contributed by atoms with van der Waals surface area (Å²) in [6.45, 7) is 7.93. The molecule has 1 N–H and O–H groups in total. The molecule has 0 unspecified atom stereocenters. The zero-order valence-corrected chi connectivity index (χ0v) is 19.8. The third-order valence-electron chi connectivity index (χ3n) is 4.42. The molecule has 0 aliphatic carbocycles. The molecule has 5 nitrogen and oxygen atoms in total. The largest absolute Gasteiger partial charge is 0.351 e. The lowest BCUT2D eigenvalue weighted by Crippen LogP contribution is -2.52. The van der Waals surface area contributed by atoms with Crippen molar-refractivity contribution < 1.29 is 0 Å². The lowest BCUT2D eigenvalue weighted by Gasteiger charge is -2.36. The van der Waals surface area contributed by atoms with Gasteiger partial charge in [0.25, 0.3) is 0 Å². The molecule has 0 atom stereocenters. The number of hydrogen-bond donors (Lipinski definition) is 1. The van der Waals surface area contributed by atoms with Gasteiger partial charge < -0.3 is 10.2 Å². The van der Waals surface area contributed by atoms with E-state index >= 15 is 0 Å². The molecule has 0 aromatic carbocycles. The molecule has 0 saturated carbocycles. The highest BCUT2D eigenvalue weighted by molar-refractivity contribution is 14.0. The van der Waals surface area contributed by atoms with E-state index in [1.165, 1.54) is 14.2 Å². The van der Waals surface area contributed by atoms with Crippen LogP contribution in [-0.2, 0) is 13.1 Å². The van der Waals surface area contributed by atoms with Gasteiger partial charge in [-0.15, -0.1) is 35.3 Å². The Labute approximate surface area is 185 Å². The second-order valence-electron chi connectivity index (χ2n) is 6.14. The van der Waals surface area contributed by atoms with Gasteiger partial charge in [-0.1, -0.05) is 6.07 Å². The second kappa shape index (κ2) is 10.6. The van der Waals surface area contributed by atoms with Crippen molar-refractivity contribution in [1.29, 1.82) is 0 Å². The highest BCUT2D eigenvalue weighted by Gasteiger charge is 2.20. The Kier molecular flexibility index (Phi) is 8.78. The first kappa shape index (κ1) is 21.6. The number of piperazine rings is 1. The van der Waals surface area contributed by atoms with Gasteiger partial charge in [-0.25, -0.2) is 0 Å². The van der Waals surface area contributed by atoms with E-state index in [4.69, 9.17) is 0 Å². The van der Waals surface area contributed by atoms with Gasteiger partial charge in [-0.05, 0) is 46.6 Å². The van der Waals surface area contributed by atoms with Gasteiger partial charge >= 0.3 is 0 Å². The zero-order valence-electron chi connectivity index (χ0n) is 15.1. The number of aryl methyl sites for hydroxylation is 1. The number of thiophene rings is 1. The second-order valence-corrected chi connectivity index (χ2v) is 8.68. The van der Waals surface area contributed by atoms with E-state index in [0.717, 1.165) is 44.4 Å². The maximum atomic E-state index is 4.45. The minimum Gasteiger partial charge on any atom is -0.351 e. The van der Waals surface area contributed by atoms with Crippen molar-refractivity contribution in [3.05, 3.63) is 50.4 Å². The van der Waals surface area contributed by atoms with E-state index in [1.807, 2.05) is 30.6 Å². The van der Waals surface area contributed by atoms with Crippen LogP contribution < -0.4 is 5.32 Å². The molecule has 0 radical (unpaired) electrons. The molecule has 8 heteroatoms. The summed E-state index contributed by atoms with van der Waals surface area (Å²) in [5.41, 5.74) is 2.28. The molecule has 0 spiro atoms. The van der Waals surface area contributed by atoms with E-state index in [-0.39, 0.29) is 24.0 Å². The third-order valence-corrected chi connectivity index (χ3v) is 6.03. The lowest BCUT2D eigenvalue weighted by molar-refractivity contribution is 0.173. The lowest BCUT2D eigenvalue weighted by atomic mass is 10.2. The predicted molar refractivity (Wildman–Crippen MR) is 123 cm³/mol. The topological polar surface area (TPSA) is 43.8 Å². The molecule has 3 heterocycles. The van der Waals surface area contributed by atoms with E-state index in [1.54, 1.807) is 0 Å². The summed E-state index contributed by atoms with van der Waals surface area (Å²) in [6, 6.07) is 8.39. The first-order chi connectivity index (χ1) is 12.2. The van der Waals surface area contributed by atoms with E-state index < -0.39 is 0 Å². The Balaban J connectivity index is 0.00000243. The molecule has 142 valence electrons. The molecular formula is C18H25BrIN5S. The quantitative estimate of drug-likeness (QED) is 0.358. The van der Waals surface area contributed by atoms with Crippen molar-refractivity contribution in [1.82, 2.24) is 20.1 Å². The van der Waals surface area contributed by atoms with Crippen LogP contribution in [0.3, 0.4) is 0 Å². The first-order valence-corrected chi connectivity index (χ1v) is 10.1. The fourth-order valence-corrected chi connectivity index (χ4v) is 4.50. The van der Waals surface area contributed by atoms with Crippen LogP contribution in [0.2, 0.25) is 0 Å². The van der Waals surface area contributed by atoms with Crippen LogP contribution in [0.15, 0.2) is 39.2 Å². The summed E-state index contributed by atoms with van der Waals surface area (Å²) >= 11 is 5.36. The van der Waals surface area contributed by atoms with Gasteiger partial charge in [-0.3, -0.25) is 14.9 Å². The Bertz CT molecular complexity index is 728. The summed E-state index contributed by atoms with van der Waals surface area (Å²) in [4.78, 5) is 15.1. The SMILES string of the molecule is CN=C(NCc1ncccc1C)N1CCN(Cc2ccc(Br)s2)CC1.I. The van der Waals surface area contributed by atoms with Crippen LogP contribution >= 0.6 is 51.2 Å². The summed E-state index contributed by atoms with van der Waals surface area (Å²) < 4.78 is 1.20. The highest BCUT2D eigenvalue weighted by Crippen LogP contribution is 2.23. The van der Waals surface area contributed by atoms with Crippen molar-refractivity contribution in [3.8, 4) is 0 Å². The summed E-state index contributed by atoms with van der Waals surface area (Å²) in [7, 11) is 1.85. The molecule has 0 bridgehead atoms. The molecule has 0 amide bonds. The average Bonchev–Trinajstić information content (AvgIpc) is 3.03. The smallest absolute Gasteiger partial charge is 0.194 e. The van der Waals surface area contributed by atoms with Gasteiger partial charge in [0.2, 0.25) is 0 Å². The van der Waals surface area contributed by atoms with E-state index in [9.17, 15) is 0 Å². The van der Waals surface area contributed by atoms with Gasteiger partial charge in [0.15, 0.2) is 5.96 Å².